The zero-order chi connectivity index (χ0) is 24.6. The Kier molecular flexibility index (Phi) is 6.70. The molecular weight excluding hydrogens is 478 g/mol. The van der Waals surface area contributed by atoms with E-state index in [9.17, 15) is 18.0 Å². The van der Waals surface area contributed by atoms with Gasteiger partial charge in [0.05, 0.1) is 29.3 Å². The summed E-state index contributed by atoms with van der Waals surface area (Å²) in [5.41, 5.74) is 1.15. The first-order valence-electron chi connectivity index (χ1n) is 10.8. The van der Waals surface area contributed by atoms with Crippen LogP contribution in [-0.2, 0) is 10.0 Å². The molecule has 1 aromatic heterocycles. The van der Waals surface area contributed by atoms with E-state index in [1.54, 1.807) is 45.9 Å². The molecule has 2 aromatic carbocycles. The Bertz CT molecular complexity index is 1360. The number of methoxy groups -OCH3 is 2. The summed E-state index contributed by atoms with van der Waals surface area (Å²) < 4.78 is 40.7. The van der Waals surface area contributed by atoms with E-state index in [4.69, 9.17) is 9.47 Å². The van der Waals surface area contributed by atoms with Crippen LogP contribution in [0, 0.1) is 0 Å². The molecule has 0 bridgehead atoms. The van der Waals surface area contributed by atoms with Crippen LogP contribution in [0.5, 0.6) is 11.5 Å². The standard InChI is InChI=1S/C23H27N3O6S2/c1-15(2)26-20-6-5-19(14-21(20)33-23(26)28)34(29,30)25-9-7-24(8-10-25)22(27)16-11-17(31-3)13-18(12-16)32-4/h5-6,11-15H,7-10H2,1-4H3. The SMILES string of the molecule is COc1cc(OC)cc(C(=O)N2CCN(S(=O)(=O)c3ccc4c(c3)sc(=O)n4C(C)C)CC2)c1. The van der Waals surface area contributed by atoms with Gasteiger partial charge in [0.2, 0.25) is 10.0 Å². The van der Waals surface area contributed by atoms with Gasteiger partial charge >= 0.3 is 4.87 Å². The zero-order valence-corrected chi connectivity index (χ0v) is 21.1. The van der Waals surface area contributed by atoms with E-state index < -0.39 is 10.0 Å². The van der Waals surface area contributed by atoms with Crippen molar-refractivity contribution in [3.05, 3.63) is 51.6 Å². The number of ether oxygens (including phenoxy) is 2. The summed E-state index contributed by atoms with van der Waals surface area (Å²) in [6, 6.07) is 9.74. The molecule has 0 N–H and O–H groups in total. The molecule has 9 nitrogen and oxygen atoms in total. The molecule has 0 aliphatic carbocycles. The number of benzene rings is 2. The molecule has 3 aromatic rings. The minimum atomic E-state index is -3.76. The van der Waals surface area contributed by atoms with Crippen molar-refractivity contribution in [1.29, 1.82) is 0 Å². The van der Waals surface area contributed by atoms with Gasteiger partial charge in [0, 0.05) is 43.9 Å². The molecule has 0 spiro atoms. The second-order valence-electron chi connectivity index (χ2n) is 8.26. The Hall–Kier alpha value is -2.89. The lowest BCUT2D eigenvalue weighted by atomic mass is 10.1. The van der Waals surface area contributed by atoms with Crippen LogP contribution in [0.15, 0.2) is 46.1 Å². The highest BCUT2D eigenvalue weighted by molar-refractivity contribution is 7.89. The van der Waals surface area contributed by atoms with Crippen LogP contribution >= 0.6 is 11.3 Å². The van der Waals surface area contributed by atoms with E-state index in [0.29, 0.717) is 21.8 Å². The average molecular weight is 506 g/mol. The lowest BCUT2D eigenvalue weighted by molar-refractivity contribution is 0.0697. The number of nitrogens with zero attached hydrogens (tertiary/aromatic N) is 3. The van der Waals surface area contributed by atoms with Crippen LogP contribution in [0.1, 0.15) is 30.2 Å². The summed E-state index contributed by atoms with van der Waals surface area (Å²) in [4.78, 5) is 27.0. The fraction of sp³-hybridized carbons (Fsp3) is 0.391. The van der Waals surface area contributed by atoms with E-state index in [1.807, 2.05) is 13.8 Å². The van der Waals surface area contributed by atoms with Crippen molar-refractivity contribution in [2.45, 2.75) is 24.8 Å². The quantitative estimate of drug-likeness (QED) is 0.511. The summed E-state index contributed by atoms with van der Waals surface area (Å²) in [5, 5.41) is 0. The molecule has 0 radical (unpaired) electrons. The van der Waals surface area contributed by atoms with Gasteiger partial charge in [0.1, 0.15) is 11.5 Å². The third-order valence-electron chi connectivity index (χ3n) is 5.86. The summed E-state index contributed by atoms with van der Waals surface area (Å²) in [5.74, 6) is 0.802. The lowest BCUT2D eigenvalue weighted by Crippen LogP contribution is -2.50. The van der Waals surface area contributed by atoms with Crippen LogP contribution < -0.4 is 14.3 Å². The molecule has 0 saturated carbocycles. The summed E-state index contributed by atoms with van der Waals surface area (Å²) in [7, 11) is -0.733. The molecule has 182 valence electrons. The number of piperazine rings is 1. The maximum atomic E-state index is 13.3. The molecule has 1 aliphatic heterocycles. The smallest absolute Gasteiger partial charge is 0.308 e. The molecule has 0 atom stereocenters. The minimum absolute atomic E-state index is 0.0149. The highest BCUT2D eigenvalue weighted by atomic mass is 32.2. The van der Waals surface area contributed by atoms with Gasteiger partial charge in [0.25, 0.3) is 5.91 Å². The second kappa shape index (κ2) is 9.40. The first-order chi connectivity index (χ1) is 16.1. The number of aromatic nitrogens is 1. The van der Waals surface area contributed by atoms with Crippen molar-refractivity contribution in [3.63, 3.8) is 0 Å². The molecule has 1 amide bonds. The Morgan fingerprint density at radius 3 is 2.15 bits per heavy atom. The molecular formula is C23H27N3O6S2. The number of rotatable bonds is 6. The van der Waals surface area contributed by atoms with Crippen LogP contribution in [0.4, 0.5) is 0 Å². The highest BCUT2D eigenvalue weighted by Gasteiger charge is 2.31. The molecule has 1 saturated heterocycles. The van der Waals surface area contributed by atoms with Gasteiger partial charge in [-0.3, -0.25) is 14.2 Å². The maximum Gasteiger partial charge on any atom is 0.308 e. The molecule has 34 heavy (non-hydrogen) atoms. The van der Waals surface area contributed by atoms with Gasteiger partial charge in [-0.25, -0.2) is 8.42 Å². The van der Waals surface area contributed by atoms with Gasteiger partial charge in [-0.15, -0.1) is 0 Å². The van der Waals surface area contributed by atoms with Gasteiger partial charge < -0.3 is 14.4 Å². The number of carbonyl (C=O) groups excluding carboxylic acids is 1. The van der Waals surface area contributed by atoms with E-state index in [1.165, 1.54) is 18.5 Å². The Labute approximate surface area is 202 Å². The second-order valence-corrected chi connectivity index (χ2v) is 11.2. The van der Waals surface area contributed by atoms with E-state index >= 15 is 0 Å². The molecule has 4 rings (SSSR count). The number of amides is 1. The fourth-order valence-corrected chi connectivity index (χ4v) is 6.64. The topological polar surface area (TPSA) is 98.2 Å². The Balaban J connectivity index is 1.51. The normalized spacial score (nSPS) is 15.1. The molecule has 1 aliphatic rings. The van der Waals surface area contributed by atoms with Crippen LogP contribution in [0.2, 0.25) is 0 Å². The first-order valence-corrected chi connectivity index (χ1v) is 13.1. The van der Waals surface area contributed by atoms with E-state index in [0.717, 1.165) is 16.9 Å². The average Bonchev–Trinajstić information content (AvgIpc) is 3.18. The lowest BCUT2D eigenvalue weighted by Gasteiger charge is -2.34. The number of carbonyl (C=O) groups is 1. The zero-order valence-electron chi connectivity index (χ0n) is 19.5. The number of hydrogen-bond donors (Lipinski definition) is 0. The molecule has 0 unspecified atom stereocenters. The van der Waals surface area contributed by atoms with Gasteiger partial charge in [-0.1, -0.05) is 11.3 Å². The van der Waals surface area contributed by atoms with Crippen LogP contribution in [-0.4, -0.2) is 68.5 Å². The highest BCUT2D eigenvalue weighted by Crippen LogP contribution is 2.27. The summed E-state index contributed by atoms with van der Waals surface area (Å²) in [6.07, 6.45) is 0. The first kappa shape index (κ1) is 24.2. The molecule has 11 heteroatoms. The van der Waals surface area contributed by atoms with Crippen LogP contribution in [0.3, 0.4) is 0 Å². The monoisotopic (exact) mass is 505 g/mol. The minimum Gasteiger partial charge on any atom is -0.497 e. The van der Waals surface area contributed by atoms with Crippen molar-refractivity contribution in [3.8, 4) is 11.5 Å². The Morgan fingerprint density at radius 1 is 0.971 bits per heavy atom. The summed E-state index contributed by atoms with van der Waals surface area (Å²) >= 11 is 1.04. The largest absolute Gasteiger partial charge is 0.497 e. The molecule has 2 heterocycles. The van der Waals surface area contributed by atoms with Gasteiger partial charge in [0.15, 0.2) is 0 Å². The van der Waals surface area contributed by atoms with Crippen molar-refractivity contribution >= 4 is 37.5 Å². The predicted octanol–water partition coefficient (Wildman–Crippen LogP) is 2.81. The number of thiazole rings is 1. The summed E-state index contributed by atoms with van der Waals surface area (Å²) in [6.45, 7) is 4.71. The number of hydrogen-bond acceptors (Lipinski definition) is 7. The predicted molar refractivity (Wildman–Crippen MR) is 131 cm³/mol. The third kappa shape index (κ3) is 4.42. The fourth-order valence-electron chi connectivity index (χ4n) is 4.06. The van der Waals surface area contributed by atoms with E-state index in [2.05, 4.69) is 0 Å². The number of fused-ring (bicyclic) bond motifs is 1. The number of sulfonamides is 1. The molecule has 1 fully saturated rings. The van der Waals surface area contributed by atoms with Gasteiger partial charge in [-0.2, -0.15) is 4.31 Å². The van der Waals surface area contributed by atoms with Crippen molar-refractivity contribution < 1.29 is 22.7 Å². The Morgan fingerprint density at radius 2 is 1.59 bits per heavy atom. The third-order valence-corrected chi connectivity index (χ3v) is 8.68. The maximum absolute atomic E-state index is 13.3. The van der Waals surface area contributed by atoms with E-state index in [-0.39, 0.29) is 47.9 Å². The van der Waals surface area contributed by atoms with Crippen molar-refractivity contribution in [2.75, 3.05) is 40.4 Å². The van der Waals surface area contributed by atoms with Crippen molar-refractivity contribution in [1.82, 2.24) is 13.8 Å². The van der Waals surface area contributed by atoms with Gasteiger partial charge in [-0.05, 0) is 44.2 Å². The van der Waals surface area contributed by atoms with Crippen molar-refractivity contribution in [2.24, 2.45) is 0 Å². The van der Waals surface area contributed by atoms with Crippen LogP contribution in [0.25, 0.3) is 10.2 Å².